The molecule has 2 N–H and O–H groups in total. The number of benzene rings is 1. The first kappa shape index (κ1) is 18.5. The predicted molar refractivity (Wildman–Crippen MR) is 94.9 cm³/mol. The number of thiazole rings is 1. The largest absolute Gasteiger partial charge is 0.476 e. The van der Waals surface area contributed by atoms with Gasteiger partial charge in [-0.15, -0.1) is 11.3 Å². The molecule has 1 saturated heterocycles. The molecule has 8 heteroatoms. The molecule has 0 radical (unpaired) electrons. The molecule has 26 heavy (non-hydrogen) atoms. The second-order valence-electron chi connectivity index (χ2n) is 6.00. The average molecular weight is 376 g/mol. The zero-order valence-electron chi connectivity index (χ0n) is 14.1. The Balaban J connectivity index is 1.63. The fourth-order valence-corrected chi connectivity index (χ4v) is 3.45. The van der Waals surface area contributed by atoms with E-state index in [2.05, 4.69) is 10.3 Å². The Morgan fingerprint density at radius 1 is 1.27 bits per heavy atom. The van der Waals surface area contributed by atoms with Gasteiger partial charge in [0.05, 0.1) is 13.2 Å². The highest BCUT2D eigenvalue weighted by Crippen LogP contribution is 2.27. The third kappa shape index (κ3) is 4.46. The maximum atomic E-state index is 12.8. The van der Waals surface area contributed by atoms with Gasteiger partial charge in [-0.3, -0.25) is 4.79 Å². The third-order valence-electron chi connectivity index (χ3n) is 4.24. The van der Waals surface area contributed by atoms with E-state index >= 15 is 0 Å². The minimum atomic E-state index is -1.08. The lowest BCUT2D eigenvalue weighted by atomic mass is 9.92. The van der Waals surface area contributed by atoms with Crippen molar-refractivity contribution in [3.8, 4) is 0 Å². The van der Waals surface area contributed by atoms with Gasteiger partial charge in [-0.1, -0.05) is 30.3 Å². The van der Waals surface area contributed by atoms with Crippen LogP contribution in [0.15, 0.2) is 35.7 Å². The van der Waals surface area contributed by atoms with E-state index in [9.17, 15) is 9.59 Å². The number of nitrogens with zero attached hydrogens (tertiary/aromatic N) is 1. The Morgan fingerprint density at radius 3 is 2.65 bits per heavy atom. The number of aromatic carboxylic acids is 1. The first-order chi connectivity index (χ1) is 12.6. The minimum absolute atomic E-state index is 0.0136. The molecule has 1 aliphatic rings. The van der Waals surface area contributed by atoms with Gasteiger partial charge >= 0.3 is 5.97 Å². The van der Waals surface area contributed by atoms with Crippen molar-refractivity contribution in [2.75, 3.05) is 13.2 Å². The second kappa shape index (κ2) is 8.39. The molecule has 1 aromatic carbocycles. The molecule has 1 aliphatic heterocycles. The molecule has 0 spiro atoms. The highest BCUT2D eigenvalue weighted by atomic mass is 32.1. The average Bonchev–Trinajstić information content (AvgIpc) is 3.15. The van der Waals surface area contributed by atoms with Crippen LogP contribution in [0.5, 0.6) is 0 Å². The fraction of sp³-hybridized carbons (Fsp3) is 0.389. The fourth-order valence-electron chi connectivity index (χ4n) is 2.74. The predicted octanol–water partition coefficient (Wildman–Crippen LogP) is 2.22. The molecule has 7 nitrogen and oxygen atoms in total. The van der Waals surface area contributed by atoms with E-state index in [0.29, 0.717) is 37.7 Å². The van der Waals surface area contributed by atoms with E-state index in [4.69, 9.17) is 14.6 Å². The lowest BCUT2D eigenvalue weighted by molar-refractivity contribution is -0.163. The number of hydrogen-bond acceptors (Lipinski definition) is 6. The lowest BCUT2D eigenvalue weighted by Crippen LogP contribution is -2.52. The Kier molecular flexibility index (Phi) is 5.97. The van der Waals surface area contributed by atoms with E-state index in [1.54, 1.807) is 0 Å². The van der Waals surface area contributed by atoms with E-state index < -0.39 is 11.6 Å². The number of carbonyl (C=O) groups excluding carboxylic acids is 1. The quantitative estimate of drug-likeness (QED) is 0.769. The van der Waals surface area contributed by atoms with Crippen LogP contribution in [0.3, 0.4) is 0 Å². The summed E-state index contributed by atoms with van der Waals surface area (Å²) in [5.41, 5.74) is 0.0404. The summed E-state index contributed by atoms with van der Waals surface area (Å²) >= 11 is 1.20. The van der Waals surface area contributed by atoms with Crippen LogP contribution in [-0.4, -0.2) is 40.8 Å². The van der Waals surface area contributed by atoms with Gasteiger partial charge in [-0.25, -0.2) is 9.78 Å². The number of carboxylic acids is 1. The van der Waals surface area contributed by atoms with E-state index in [-0.39, 0.29) is 18.1 Å². The first-order valence-electron chi connectivity index (χ1n) is 8.31. The highest BCUT2D eigenvalue weighted by molar-refractivity contribution is 7.09. The molecule has 138 valence electrons. The van der Waals surface area contributed by atoms with Crippen molar-refractivity contribution in [1.82, 2.24) is 10.3 Å². The van der Waals surface area contributed by atoms with Crippen molar-refractivity contribution in [2.24, 2.45) is 0 Å². The summed E-state index contributed by atoms with van der Waals surface area (Å²) in [5.74, 6) is -1.30. The van der Waals surface area contributed by atoms with Crippen LogP contribution in [0.4, 0.5) is 0 Å². The number of rotatable bonds is 7. The zero-order valence-corrected chi connectivity index (χ0v) is 15.0. The van der Waals surface area contributed by atoms with Crippen molar-refractivity contribution in [2.45, 2.75) is 31.6 Å². The van der Waals surface area contributed by atoms with Gasteiger partial charge in [0, 0.05) is 31.4 Å². The van der Waals surface area contributed by atoms with Gasteiger partial charge in [0.1, 0.15) is 5.01 Å². The Labute approximate surface area is 155 Å². The highest BCUT2D eigenvalue weighted by Gasteiger charge is 2.41. The minimum Gasteiger partial charge on any atom is -0.476 e. The number of carboxylic acid groups (broad SMARTS) is 1. The molecule has 1 aromatic heterocycles. The van der Waals surface area contributed by atoms with Crippen LogP contribution < -0.4 is 5.32 Å². The van der Waals surface area contributed by atoms with E-state index in [1.165, 1.54) is 16.7 Å². The molecular formula is C18H20N2O5S. The van der Waals surface area contributed by atoms with Gasteiger partial charge in [0.25, 0.3) is 5.91 Å². The standard InChI is InChI=1S/C18H20N2O5S/c21-16(22)14-12-26-15(20-14)10-19-17(23)18(6-8-24-9-7-18)25-11-13-4-2-1-3-5-13/h1-5,12H,6-11H2,(H,19,23)(H,21,22). The van der Waals surface area contributed by atoms with Crippen LogP contribution in [-0.2, 0) is 27.4 Å². The summed E-state index contributed by atoms with van der Waals surface area (Å²) in [5, 5.41) is 13.8. The monoisotopic (exact) mass is 376 g/mol. The third-order valence-corrected chi connectivity index (χ3v) is 5.09. The summed E-state index contributed by atoms with van der Waals surface area (Å²) < 4.78 is 11.4. The van der Waals surface area contributed by atoms with Crippen molar-refractivity contribution < 1.29 is 24.2 Å². The number of hydrogen-bond donors (Lipinski definition) is 2. The summed E-state index contributed by atoms with van der Waals surface area (Å²) in [6.45, 7) is 1.44. The number of nitrogens with one attached hydrogen (secondary N) is 1. The summed E-state index contributed by atoms with van der Waals surface area (Å²) in [7, 11) is 0. The number of ether oxygens (including phenoxy) is 2. The van der Waals surface area contributed by atoms with Crippen LogP contribution in [0.2, 0.25) is 0 Å². The van der Waals surface area contributed by atoms with Crippen LogP contribution >= 0.6 is 11.3 Å². The maximum Gasteiger partial charge on any atom is 0.355 e. The molecule has 1 amide bonds. The topological polar surface area (TPSA) is 97.8 Å². The van der Waals surface area contributed by atoms with Crippen LogP contribution in [0, 0.1) is 0 Å². The normalized spacial score (nSPS) is 16.2. The Bertz CT molecular complexity index is 756. The number of aromatic nitrogens is 1. The van der Waals surface area contributed by atoms with Crippen molar-refractivity contribution >= 4 is 23.2 Å². The van der Waals surface area contributed by atoms with Gasteiger partial charge in [-0.2, -0.15) is 0 Å². The van der Waals surface area contributed by atoms with Crippen LogP contribution in [0.1, 0.15) is 33.9 Å². The smallest absolute Gasteiger partial charge is 0.355 e. The van der Waals surface area contributed by atoms with Gasteiger partial charge < -0.3 is 19.9 Å². The molecule has 1 fully saturated rings. The van der Waals surface area contributed by atoms with Gasteiger partial charge in [0.15, 0.2) is 11.3 Å². The first-order valence-corrected chi connectivity index (χ1v) is 9.19. The van der Waals surface area contributed by atoms with Gasteiger partial charge in [0.2, 0.25) is 0 Å². The molecular weight excluding hydrogens is 356 g/mol. The van der Waals surface area contributed by atoms with Crippen LogP contribution in [0.25, 0.3) is 0 Å². The van der Waals surface area contributed by atoms with Crippen molar-refractivity contribution in [3.63, 3.8) is 0 Å². The Morgan fingerprint density at radius 2 is 2.00 bits per heavy atom. The molecule has 0 bridgehead atoms. The van der Waals surface area contributed by atoms with Crippen molar-refractivity contribution in [1.29, 1.82) is 0 Å². The molecule has 2 aromatic rings. The zero-order chi connectivity index (χ0) is 18.4. The molecule has 3 rings (SSSR count). The SMILES string of the molecule is O=C(O)c1csc(CNC(=O)C2(OCc3ccccc3)CCOCC2)n1. The number of amides is 1. The molecule has 0 atom stereocenters. The maximum absolute atomic E-state index is 12.8. The molecule has 2 heterocycles. The Hall–Kier alpha value is -2.29. The summed E-state index contributed by atoms with van der Waals surface area (Å²) in [4.78, 5) is 27.7. The molecule has 0 unspecified atom stereocenters. The van der Waals surface area contributed by atoms with Crippen molar-refractivity contribution in [3.05, 3.63) is 52.0 Å². The number of carbonyl (C=O) groups is 2. The summed E-state index contributed by atoms with van der Waals surface area (Å²) in [6, 6.07) is 9.69. The second-order valence-corrected chi connectivity index (χ2v) is 6.94. The van der Waals surface area contributed by atoms with E-state index in [1.807, 2.05) is 30.3 Å². The molecule has 0 aliphatic carbocycles. The molecule has 0 saturated carbocycles. The van der Waals surface area contributed by atoms with E-state index in [0.717, 1.165) is 5.56 Å². The summed E-state index contributed by atoms with van der Waals surface area (Å²) in [6.07, 6.45) is 0.952. The van der Waals surface area contributed by atoms with Gasteiger partial charge in [-0.05, 0) is 5.56 Å². The lowest BCUT2D eigenvalue weighted by Gasteiger charge is -2.35.